The molecule has 1 fully saturated rings. The summed E-state index contributed by atoms with van der Waals surface area (Å²) in [5.74, 6) is 1.42. The summed E-state index contributed by atoms with van der Waals surface area (Å²) in [5.41, 5.74) is 0.723. The van der Waals surface area contributed by atoms with Crippen LogP contribution < -0.4 is 15.4 Å². The third-order valence-electron chi connectivity index (χ3n) is 4.71. The maximum atomic E-state index is 10.4. The number of nitrogens with one attached hydrogen (secondary N) is 2. The van der Waals surface area contributed by atoms with Gasteiger partial charge in [0.05, 0.1) is 26.4 Å². The minimum atomic E-state index is -0.647. The molecule has 8 heteroatoms. The van der Waals surface area contributed by atoms with E-state index in [9.17, 15) is 10.2 Å². The van der Waals surface area contributed by atoms with Gasteiger partial charge in [0.2, 0.25) is 0 Å². The summed E-state index contributed by atoms with van der Waals surface area (Å²) >= 11 is 0. The molecule has 2 rings (SSSR count). The number of methoxy groups -OCH3 is 1. The molecule has 7 nitrogen and oxygen atoms in total. The zero-order chi connectivity index (χ0) is 18.8. The number of benzene rings is 1. The van der Waals surface area contributed by atoms with Gasteiger partial charge in [0.15, 0.2) is 5.96 Å². The Kier molecular flexibility index (Phi) is 11.0. The van der Waals surface area contributed by atoms with Gasteiger partial charge in [-0.05, 0) is 37.5 Å². The Morgan fingerprint density at radius 2 is 2.07 bits per heavy atom. The van der Waals surface area contributed by atoms with Gasteiger partial charge in [-0.2, -0.15) is 0 Å². The van der Waals surface area contributed by atoms with E-state index in [2.05, 4.69) is 15.6 Å². The van der Waals surface area contributed by atoms with Crippen LogP contribution in [0.15, 0.2) is 29.3 Å². The molecule has 0 bridgehead atoms. The first kappa shape index (κ1) is 23.9. The highest BCUT2D eigenvalue weighted by Crippen LogP contribution is 2.32. The molecule has 0 spiro atoms. The Morgan fingerprint density at radius 3 is 2.63 bits per heavy atom. The quantitative estimate of drug-likeness (QED) is 0.238. The second kappa shape index (κ2) is 12.4. The van der Waals surface area contributed by atoms with Gasteiger partial charge in [-0.25, -0.2) is 0 Å². The summed E-state index contributed by atoms with van der Waals surface area (Å²) in [5, 5.41) is 26.1. The highest BCUT2D eigenvalue weighted by molar-refractivity contribution is 14.0. The highest BCUT2D eigenvalue weighted by Gasteiger charge is 2.34. The van der Waals surface area contributed by atoms with Gasteiger partial charge in [0.25, 0.3) is 0 Å². The first-order valence-electron chi connectivity index (χ1n) is 9.15. The minimum Gasteiger partial charge on any atom is -0.497 e. The van der Waals surface area contributed by atoms with E-state index >= 15 is 0 Å². The van der Waals surface area contributed by atoms with E-state index in [-0.39, 0.29) is 36.0 Å². The van der Waals surface area contributed by atoms with Crippen LogP contribution in [0, 0.1) is 5.41 Å². The molecule has 1 aromatic carbocycles. The number of ether oxygens (including phenoxy) is 2. The van der Waals surface area contributed by atoms with Crippen LogP contribution in [0.5, 0.6) is 5.75 Å². The SMILES string of the molecule is CCNC(=NCC1(CCO)CCOC1)NCC(O)c1ccc(OC)cc1.I. The van der Waals surface area contributed by atoms with Crippen LogP contribution in [0.4, 0.5) is 0 Å². The lowest BCUT2D eigenvalue weighted by molar-refractivity contribution is 0.131. The summed E-state index contributed by atoms with van der Waals surface area (Å²) in [7, 11) is 1.62. The number of guanidine groups is 1. The summed E-state index contributed by atoms with van der Waals surface area (Å²) in [6.07, 6.45) is 0.945. The van der Waals surface area contributed by atoms with Gasteiger partial charge in [-0.1, -0.05) is 12.1 Å². The molecule has 2 unspecified atom stereocenters. The van der Waals surface area contributed by atoms with Crippen LogP contribution in [-0.4, -0.2) is 62.7 Å². The second-order valence-corrected chi connectivity index (χ2v) is 6.64. The largest absolute Gasteiger partial charge is 0.497 e. The van der Waals surface area contributed by atoms with Crippen molar-refractivity contribution in [2.24, 2.45) is 10.4 Å². The van der Waals surface area contributed by atoms with Crippen LogP contribution in [0.2, 0.25) is 0 Å². The average molecular weight is 493 g/mol. The van der Waals surface area contributed by atoms with E-state index in [1.54, 1.807) is 7.11 Å². The molecule has 1 aromatic rings. The molecular formula is C19H32IN3O4. The summed E-state index contributed by atoms with van der Waals surface area (Å²) < 4.78 is 10.6. The fourth-order valence-corrected chi connectivity index (χ4v) is 3.01. The fraction of sp³-hybridized carbons (Fsp3) is 0.632. The number of halogens is 1. The van der Waals surface area contributed by atoms with Crippen LogP contribution in [0.1, 0.15) is 31.4 Å². The number of aliphatic hydroxyl groups is 2. The van der Waals surface area contributed by atoms with Gasteiger partial charge in [0.1, 0.15) is 5.75 Å². The van der Waals surface area contributed by atoms with Crippen LogP contribution in [0.3, 0.4) is 0 Å². The Morgan fingerprint density at radius 1 is 1.33 bits per heavy atom. The first-order chi connectivity index (χ1) is 12.6. The molecule has 1 heterocycles. The van der Waals surface area contributed by atoms with Crippen molar-refractivity contribution in [3.63, 3.8) is 0 Å². The Bertz CT molecular complexity index is 563. The molecule has 4 N–H and O–H groups in total. The van der Waals surface area contributed by atoms with Crippen molar-refractivity contribution in [1.82, 2.24) is 10.6 Å². The Balaban J connectivity index is 0.00000364. The number of hydrogen-bond acceptors (Lipinski definition) is 5. The summed E-state index contributed by atoms with van der Waals surface area (Å²) in [6.45, 7) is 5.15. The third kappa shape index (κ3) is 7.44. The predicted octanol–water partition coefficient (Wildman–Crippen LogP) is 1.69. The van der Waals surface area contributed by atoms with Crippen LogP contribution >= 0.6 is 24.0 Å². The van der Waals surface area contributed by atoms with Gasteiger partial charge in [-0.3, -0.25) is 4.99 Å². The predicted molar refractivity (Wildman–Crippen MR) is 117 cm³/mol. The van der Waals surface area contributed by atoms with Gasteiger partial charge in [0, 0.05) is 31.7 Å². The third-order valence-corrected chi connectivity index (χ3v) is 4.71. The normalized spacial score (nSPS) is 20.7. The van der Waals surface area contributed by atoms with Crippen molar-refractivity contribution in [2.45, 2.75) is 25.9 Å². The molecule has 2 atom stereocenters. The monoisotopic (exact) mass is 493 g/mol. The summed E-state index contributed by atoms with van der Waals surface area (Å²) in [6, 6.07) is 7.36. The molecule has 27 heavy (non-hydrogen) atoms. The van der Waals surface area contributed by atoms with Crippen molar-refractivity contribution in [3.05, 3.63) is 29.8 Å². The lowest BCUT2D eigenvalue weighted by atomic mass is 9.84. The van der Waals surface area contributed by atoms with Crippen molar-refractivity contribution >= 4 is 29.9 Å². The molecular weight excluding hydrogens is 461 g/mol. The molecule has 1 aliphatic rings. The van der Waals surface area contributed by atoms with E-state index in [1.807, 2.05) is 31.2 Å². The molecule has 1 aliphatic heterocycles. The molecule has 0 radical (unpaired) electrons. The van der Waals surface area contributed by atoms with Gasteiger partial charge < -0.3 is 30.3 Å². The lowest BCUT2D eigenvalue weighted by Crippen LogP contribution is -2.40. The van der Waals surface area contributed by atoms with E-state index < -0.39 is 6.10 Å². The number of rotatable bonds is 9. The van der Waals surface area contributed by atoms with Crippen molar-refractivity contribution in [3.8, 4) is 5.75 Å². The number of nitrogens with zero attached hydrogens (tertiary/aromatic N) is 1. The number of hydrogen-bond donors (Lipinski definition) is 4. The van der Waals surface area contributed by atoms with E-state index in [4.69, 9.17) is 9.47 Å². The number of aliphatic imine (C=N–C) groups is 1. The van der Waals surface area contributed by atoms with Crippen molar-refractivity contribution in [2.75, 3.05) is 46.6 Å². The molecule has 0 saturated carbocycles. The average Bonchev–Trinajstić information content (AvgIpc) is 3.13. The Hall–Kier alpha value is -1.10. The standard InChI is InChI=1S/C19H31N3O4.HI/c1-3-20-18(22-13-19(8-10-23)9-11-26-14-19)21-12-17(24)15-4-6-16(25-2)7-5-15;/h4-7,17,23-24H,3,8-14H2,1-2H3,(H2,20,21,22);1H. The lowest BCUT2D eigenvalue weighted by Gasteiger charge is -2.25. The van der Waals surface area contributed by atoms with Crippen LogP contribution in [-0.2, 0) is 4.74 Å². The molecule has 1 saturated heterocycles. The van der Waals surface area contributed by atoms with Crippen molar-refractivity contribution in [1.29, 1.82) is 0 Å². The van der Waals surface area contributed by atoms with E-state index in [1.165, 1.54) is 0 Å². The summed E-state index contributed by atoms with van der Waals surface area (Å²) in [4.78, 5) is 4.65. The molecule has 0 aliphatic carbocycles. The minimum absolute atomic E-state index is 0. The van der Waals surface area contributed by atoms with Crippen molar-refractivity contribution < 1.29 is 19.7 Å². The van der Waals surface area contributed by atoms with Crippen LogP contribution in [0.25, 0.3) is 0 Å². The maximum Gasteiger partial charge on any atom is 0.191 e. The second-order valence-electron chi connectivity index (χ2n) is 6.64. The zero-order valence-corrected chi connectivity index (χ0v) is 18.4. The molecule has 0 amide bonds. The smallest absolute Gasteiger partial charge is 0.191 e. The molecule has 0 aromatic heterocycles. The van der Waals surface area contributed by atoms with E-state index in [0.717, 1.165) is 30.9 Å². The van der Waals surface area contributed by atoms with Gasteiger partial charge in [-0.15, -0.1) is 24.0 Å². The first-order valence-corrected chi connectivity index (χ1v) is 9.15. The molecule has 154 valence electrons. The zero-order valence-electron chi connectivity index (χ0n) is 16.1. The highest BCUT2D eigenvalue weighted by atomic mass is 127. The topological polar surface area (TPSA) is 95.3 Å². The van der Waals surface area contributed by atoms with E-state index in [0.29, 0.717) is 32.1 Å². The fourth-order valence-electron chi connectivity index (χ4n) is 3.01. The van der Waals surface area contributed by atoms with Gasteiger partial charge >= 0.3 is 0 Å². The number of aliphatic hydroxyl groups excluding tert-OH is 2. The maximum absolute atomic E-state index is 10.4. The Labute approximate surface area is 178 Å².